The molecular weight excluding hydrogens is 388 g/mol. The van der Waals surface area contributed by atoms with Gasteiger partial charge in [-0.05, 0) is 36.4 Å². The van der Waals surface area contributed by atoms with Crippen molar-refractivity contribution >= 4 is 33.4 Å². The first kappa shape index (κ1) is 21.2. The van der Waals surface area contributed by atoms with E-state index in [4.69, 9.17) is 9.15 Å². The zero-order chi connectivity index (χ0) is 19.7. The molecule has 0 bridgehead atoms. The fourth-order valence-electron chi connectivity index (χ4n) is 2.37. The molecule has 0 saturated carbocycles. The molecule has 0 unspecified atom stereocenters. The molecule has 0 radical (unpaired) electrons. The third-order valence-corrected chi connectivity index (χ3v) is 5.85. The molecule has 148 valence electrons. The van der Waals surface area contributed by atoms with E-state index in [0.29, 0.717) is 18.0 Å². The maximum atomic E-state index is 12.2. The Kier molecular flexibility index (Phi) is 8.05. The Balaban J connectivity index is 1.82. The van der Waals surface area contributed by atoms with Gasteiger partial charge in [-0.15, -0.1) is 0 Å². The van der Waals surface area contributed by atoms with Gasteiger partial charge in [0.05, 0.1) is 31.1 Å². The number of hydrogen-bond donors (Lipinski definition) is 1. The van der Waals surface area contributed by atoms with Crippen LogP contribution < -0.4 is 14.4 Å². The predicted octanol–water partition coefficient (Wildman–Crippen LogP) is 2.49. The third kappa shape index (κ3) is 6.84. The van der Waals surface area contributed by atoms with Crippen LogP contribution in [0.5, 0.6) is 5.75 Å². The van der Waals surface area contributed by atoms with E-state index in [1.54, 1.807) is 42.3 Å². The molecule has 2 rings (SSSR count). The number of rotatable bonds is 11. The van der Waals surface area contributed by atoms with Crippen LogP contribution in [0.15, 0.2) is 47.1 Å². The van der Waals surface area contributed by atoms with Gasteiger partial charge in [-0.3, -0.25) is 9.10 Å². The van der Waals surface area contributed by atoms with Gasteiger partial charge in [0.25, 0.3) is 0 Å². The van der Waals surface area contributed by atoms with E-state index < -0.39 is 10.0 Å². The number of carbonyl (C=O) groups is 1. The van der Waals surface area contributed by atoms with Crippen LogP contribution in [0.2, 0.25) is 0 Å². The normalized spacial score (nSPS) is 11.2. The van der Waals surface area contributed by atoms with Crippen molar-refractivity contribution in [1.29, 1.82) is 0 Å². The van der Waals surface area contributed by atoms with Crippen molar-refractivity contribution in [3.05, 3.63) is 48.4 Å². The molecule has 0 saturated heterocycles. The molecule has 1 aromatic heterocycles. The van der Waals surface area contributed by atoms with Crippen LogP contribution in [0.1, 0.15) is 12.2 Å². The van der Waals surface area contributed by atoms with Crippen molar-refractivity contribution in [2.45, 2.75) is 12.2 Å². The second kappa shape index (κ2) is 10.3. The standard InChI is InChI=1S/C18H24N2O5S2/c1-24-17-9-4-3-8-16(17)20(27(2,22)23)13-18(21)19-10-6-12-26-14-15-7-5-11-25-15/h3-5,7-9,11H,6,10,12-14H2,1-2H3,(H,19,21). The van der Waals surface area contributed by atoms with Gasteiger partial charge in [0.2, 0.25) is 15.9 Å². The Morgan fingerprint density at radius 3 is 2.70 bits per heavy atom. The first-order valence-corrected chi connectivity index (χ1v) is 11.4. The largest absolute Gasteiger partial charge is 0.495 e. The number of para-hydroxylation sites is 2. The summed E-state index contributed by atoms with van der Waals surface area (Å²) in [6, 6.07) is 10.5. The number of nitrogens with zero attached hydrogens (tertiary/aromatic N) is 1. The maximum Gasteiger partial charge on any atom is 0.240 e. The summed E-state index contributed by atoms with van der Waals surface area (Å²) in [5.74, 6) is 2.61. The molecule has 0 aliphatic heterocycles. The summed E-state index contributed by atoms with van der Waals surface area (Å²) >= 11 is 1.71. The number of hydrogen-bond acceptors (Lipinski definition) is 6. The lowest BCUT2D eigenvalue weighted by molar-refractivity contribution is -0.119. The van der Waals surface area contributed by atoms with Crippen LogP contribution in [-0.2, 0) is 20.6 Å². The van der Waals surface area contributed by atoms with Crippen LogP contribution >= 0.6 is 11.8 Å². The number of methoxy groups -OCH3 is 1. The van der Waals surface area contributed by atoms with Crippen molar-refractivity contribution in [1.82, 2.24) is 5.32 Å². The van der Waals surface area contributed by atoms with Gasteiger partial charge in [0, 0.05) is 6.54 Å². The summed E-state index contributed by atoms with van der Waals surface area (Å²) < 4.78 is 35.8. The number of furan rings is 1. The Bertz CT molecular complexity index is 822. The van der Waals surface area contributed by atoms with Crippen molar-refractivity contribution in [3.63, 3.8) is 0 Å². The minimum Gasteiger partial charge on any atom is -0.495 e. The van der Waals surface area contributed by atoms with Gasteiger partial charge in [-0.25, -0.2) is 8.42 Å². The number of amides is 1. The molecule has 1 aromatic carbocycles. The molecule has 1 heterocycles. The van der Waals surface area contributed by atoms with E-state index >= 15 is 0 Å². The predicted molar refractivity (Wildman–Crippen MR) is 108 cm³/mol. The lowest BCUT2D eigenvalue weighted by Crippen LogP contribution is -2.40. The Morgan fingerprint density at radius 2 is 2.04 bits per heavy atom. The minimum atomic E-state index is -3.63. The van der Waals surface area contributed by atoms with Gasteiger partial charge in [-0.2, -0.15) is 11.8 Å². The first-order valence-electron chi connectivity index (χ1n) is 8.39. The zero-order valence-corrected chi connectivity index (χ0v) is 17.0. The first-order chi connectivity index (χ1) is 12.9. The highest BCUT2D eigenvalue weighted by atomic mass is 32.2. The van der Waals surface area contributed by atoms with E-state index in [1.807, 2.05) is 12.1 Å². The van der Waals surface area contributed by atoms with Crippen LogP contribution in [0.3, 0.4) is 0 Å². The van der Waals surface area contributed by atoms with Crippen LogP contribution in [0.4, 0.5) is 5.69 Å². The number of anilines is 1. The molecule has 27 heavy (non-hydrogen) atoms. The number of thioether (sulfide) groups is 1. The number of nitrogens with one attached hydrogen (secondary N) is 1. The third-order valence-electron chi connectivity index (χ3n) is 3.65. The molecule has 0 aliphatic rings. The van der Waals surface area contributed by atoms with Crippen molar-refractivity contribution < 1.29 is 22.4 Å². The molecular formula is C18H24N2O5S2. The van der Waals surface area contributed by atoms with E-state index in [2.05, 4.69) is 5.32 Å². The average molecular weight is 413 g/mol. The number of benzene rings is 1. The molecule has 9 heteroatoms. The summed E-state index contributed by atoms with van der Waals surface area (Å²) in [4.78, 5) is 12.2. The van der Waals surface area contributed by atoms with Crippen LogP contribution in [0, 0.1) is 0 Å². The molecule has 0 spiro atoms. The topological polar surface area (TPSA) is 88.8 Å². The summed E-state index contributed by atoms with van der Waals surface area (Å²) in [7, 11) is -2.17. The summed E-state index contributed by atoms with van der Waals surface area (Å²) in [6.45, 7) is 0.187. The van der Waals surface area contributed by atoms with Gasteiger partial charge in [0.15, 0.2) is 0 Å². The van der Waals surface area contributed by atoms with Crippen LogP contribution in [-0.4, -0.2) is 46.5 Å². The lowest BCUT2D eigenvalue weighted by Gasteiger charge is -2.23. The molecule has 0 fully saturated rings. The molecule has 0 aliphatic carbocycles. The quantitative estimate of drug-likeness (QED) is 0.571. The Morgan fingerprint density at radius 1 is 1.26 bits per heavy atom. The molecule has 1 amide bonds. The smallest absolute Gasteiger partial charge is 0.240 e. The number of carbonyl (C=O) groups excluding carboxylic acids is 1. The molecule has 0 atom stereocenters. The fourth-order valence-corrected chi connectivity index (χ4v) is 4.09. The van der Waals surface area contributed by atoms with Gasteiger partial charge in [-0.1, -0.05) is 12.1 Å². The summed E-state index contributed by atoms with van der Waals surface area (Å²) in [5.41, 5.74) is 0.339. The Hall–Kier alpha value is -2.13. The number of sulfonamides is 1. The van der Waals surface area contributed by atoms with Crippen LogP contribution in [0.25, 0.3) is 0 Å². The minimum absolute atomic E-state index is 0.293. The lowest BCUT2D eigenvalue weighted by atomic mass is 10.3. The summed E-state index contributed by atoms with van der Waals surface area (Å²) in [6.07, 6.45) is 3.49. The average Bonchev–Trinajstić information content (AvgIpc) is 3.15. The van der Waals surface area contributed by atoms with Crippen molar-refractivity contribution in [3.8, 4) is 5.75 Å². The maximum absolute atomic E-state index is 12.2. The zero-order valence-electron chi connectivity index (χ0n) is 15.4. The number of ether oxygens (including phenoxy) is 1. The summed E-state index contributed by atoms with van der Waals surface area (Å²) in [5, 5.41) is 2.76. The molecule has 1 N–H and O–H groups in total. The van der Waals surface area contributed by atoms with E-state index in [-0.39, 0.29) is 12.5 Å². The van der Waals surface area contributed by atoms with Gasteiger partial charge in [0.1, 0.15) is 18.1 Å². The highest BCUT2D eigenvalue weighted by Gasteiger charge is 2.23. The van der Waals surface area contributed by atoms with Gasteiger partial charge < -0.3 is 14.5 Å². The molecule has 2 aromatic rings. The molecule has 7 nitrogen and oxygen atoms in total. The van der Waals surface area contributed by atoms with E-state index in [9.17, 15) is 13.2 Å². The highest BCUT2D eigenvalue weighted by Crippen LogP contribution is 2.29. The van der Waals surface area contributed by atoms with E-state index in [0.717, 1.165) is 34.2 Å². The van der Waals surface area contributed by atoms with Gasteiger partial charge >= 0.3 is 0 Å². The van der Waals surface area contributed by atoms with Crippen molar-refractivity contribution in [2.75, 3.05) is 36.5 Å². The fraction of sp³-hybridized carbons (Fsp3) is 0.389. The monoisotopic (exact) mass is 412 g/mol. The highest BCUT2D eigenvalue weighted by molar-refractivity contribution is 7.98. The van der Waals surface area contributed by atoms with Crippen molar-refractivity contribution in [2.24, 2.45) is 0 Å². The Labute approximate surface area is 164 Å². The second-order valence-electron chi connectivity index (χ2n) is 5.78. The second-order valence-corrected chi connectivity index (χ2v) is 8.79. The van der Waals surface area contributed by atoms with E-state index in [1.165, 1.54) is 7.11 Å². The SMILES string of the molecule is COc1ccccc1N(CC(=O)NCCCSCc1ccco1)S(C)(=O)=O.